The molecule has 0 fully saturated rings. The van der Waals surface area contributed by atoms with E-state index in [1.54, 1.807) is 12.3 Å². The Morgan fingerprint density at radius 3 is 2.94 bits per heavy atom. The van der Waals surface area contributed by atoms with Crippen LogP contribution >= 0.6 is 0 Å². The predicted molar refractivity (Wildman–Crippen MR) is 61.8 cm³/mol. The van der Waals surface area contributed by atoms with Gasteiger partial charge in [-0.2, -0.15) is 0 Å². The minimum Gasteiger partial charge on any atom is -0.335 e. The van der Waals surface area contributed by atoms with Gasteiger partial charge in [0, 0.05) is 5.56 Å². The van der Waals surface area contributed by atoms with E-state index < -0.39 is 0 Å². The second-order valence-corrected chi connectivity index (χ2v) is 3.80. The molecule has 0 saturated heterocycles. The third kappa shape index (κ3) is 1.65. The number of halogens is 1. The van der Waals surface area contributed by atoms with Crippen LogP contribution in [0.15, 0.2) is 30.7 Å². The first kappa shape index (κ1) is 9.89. The molecule has 3 rings (SSSR count). The molecule has 0 unspecified atom stereocenters. The third-order valence-corrected chi connectivity index (χ3v) is 2.61. The van der Waals surface area contributed by atoms with Crippen molar-refractivity contribution in [3.8, 4) is 11.4 Å². The molecule has 84 valence electrons. The molecule has 0 radical (unpaired) electrons. The molecule has 2 heterocycles. The second-order valence-electron chi connectivity index (χ2n) is 3.80. The molecule has 0 atom stereocenters. The topological polar surface area (TPSA) is 54.5 Å². The molecule has 1 N–H and O–H groups in total. The summed E-state index contributed by atoms with van der Waals surface area (Å²) in [6, 6.07) is 4.60. The van der Waals surface area contributed by atoms with Crippen LogP contribution in [0.4, 0.5) is 4.39 Å². The summed E-state index contributed by atoms with van der Waals surface area (Å²) < 4.78 is 13.0. The van der Waals surface area contributed by atoms with E-state index in [0.29, 0.717) is 11.5 Å². The minimum absolute atomic E-state index is 0.248. The zero-order valence-corrected chi connectivity index (χ0v) is 9.11. The fourth-order valence-electron chi connectivity index (χ4n) is 1.78. The monoisotopic (exact) mass is 228 g/mol. The van der Waals surface area contributed by atoms with E-state index >= 15 is 0 Å². The highest BCUT2D eigenvalue weighted by Crippen LogP contribution is 2.22. The fraction of sp³-hybridized carbons (Fsp3) is 0.0833. The van der Waals surface area contributed by atoms with E-state index in [9.17, 15) is 4.39 Å². The summed E-state index contributed by atoms with van der Waals surface area (Å²) >= 11 is 0. The van der Waals surface area contributed by atoms with Gasteiger partial charge in [-0.15, -0.1) is 0 Å². The molecular formula is C12H9FN4. The molecule has 0 aliphatic rings. The molecule has 17 heavy (non-hydrogen) atoms. The molecule has 1 aromatic carbocycles. The first-order chi connectivity index (χ1) is 8.24. The summed E-state index contributed by atoms with van der Waals surface area (Å²) in [4.78, 5) is 15.4. The second kappa shape index (κ2) is 3.62. The van der Waals surface area contributed by atoms with Crippen LogP contribution in [0.2, 0.25) is 0 Å². The average Bonchev–Trinajstić information content (AvgIpc) is 2.72. The Kier molecular flexibility index (Phi) is 2.11. The summed E-state index contributed by atoms with van der Waals surface area (Å²) in [6.45, 7) is 1.84. The normalized spacial score (nSPS) is 10.9. The highest BCUT2D eigenvalue weighted by molar-refractivity contribution is 5.75. The minimum atomic E-state index is -0.248. The summed E-state index contributed by atoms with van der Waals surface area (Å²) in [5, 5.41) is 0. The number of imidazole rings is 1. The van der Waals surface area contributed by atoms with E-state index in [1.165, 1.54) is 18.5 Å². The van der Waals surface area contributed by atoms with Crippen LogP contribution in [-0.4, -0.2) is 19.9 Å². The van der Waals surface area contributed by atoms with Gasteiger partial charge in [0.15, 0.2) is 5.65 Å². The molecule has 0 spiro atoms. The number of rotatable bonds is 1. The fourth-order valence-corrected chi connectivity index (χ4v) is 1.78. The first-order valence-corrected chi connectivity index (χ1v) is 5.16. The first-order valence-electron chi connectivity index (χ1n) is 5.16. The molecule has 4 nitrogen and oxygen atoms in total. The van der Waals surface area contributed by atoms with Crippen LogP contribution in [0.25, 0.3) is 22.6 Å². The molecule has 3 aromatic rings. The van der Waals surface area contributed by atoms with Crippen molar-refractivity contribution in [1.29, 1.82) is 0 Å². The zero-order chi connectivity index (χ0) is 11.8. The molecule has 5 heteroatoms. The van der Waals surface area contributed by atoms with Gasteiger partial charge in [-0.25, -0.2) is 19.3 Å². The van der Waals surface area contributed by atoms with Crippen molar-refractivity contribution in [1.82, 2.24) is 19.9 Å². The van der Waals surface area contributed by atoms with Crippen molar-refractivity contribution in [3.63, 3.8) is 0 Å². The van der Waals surface area contributed by atoms with Crippen molar-refractivity contribution < 1.29 is 4.39 Å². The Labute approximate surface area is 96.6 Å². The van der Waals surface area contributed by atoms with E-state index in [4.69, 9.17) is 0 Å². The highest BCUT2D eigenvalue weighted by atomic mass is 19.1. The number of nitrogens with zero attached hydrogens (tertiary/aromatic N) is 3. The van der Waals surface area contributed by atoms with E-state index in [-0.39, 0.29) is 5.82 Å². The Morgan fingerprint density at radius 2 is 2.18 bits per heavy atom. The molecule has 0 aliphatic heterocycles. The van der Waals surface area contributed by atoms with Crippen LogP contribution in [-0.2, 0) is 0 Å². The Balaban J connectivity index is 2.20. The molecule has 2 aromatic heterocycles. The summed E-state index contributed by atoms with van der Waals surface area (Å²) in [6.07, 6.45) is 3.11. The van der Waals surface area contributed by atoms with Crippen molar-refractivity contribution >= 4 is 11.2 Å². The lowest BCUT2D eigenvalue weighted by molar-refractivity contribution is 0.627. The van der Waals surface area contributed by atoms with Gasteiger partial charge < -0.3 is 4.98 Å². The lowest BCUT2D eigenvalue weighted by atomic mass is 10.1. The number of aromatic amines is 1. The van der Waals surface area contributed by atoms with E-state index in [1.807, 2.05) is 6.92 Å². The smallest absolute Gasteiger partial charge is 0.181 e. The maximum absolute atomic E-state index is 13.0. The standard InChI is InChI=1S/C12H9FN4/c1-7-4-8(13)2-3-9(7)11-16-10-5-14-6-15-12(10)17-11/h2-6H,1H3,(H,14,15,16,17). The van der Waals surface area contributed by atoms with Gasteiger partial charge in [-0.3, -0.25) is 0 Å². The maximum atomic E-state index is 13.0. The SMILES string of the molecule is Cc1cc(F)ccc1-c1nc2ncncc2[nH]1. The predicted octanol–water partition coefficient (Wildman–Crippen LogP) is 2.47. The van der Waals surface area contributed by atoms with Crippen LogP contribution < -0.4 is 0 Å². The Bertz CT molecular complexity index is 657. The number of nitrogens with one attached hydrogen (secondary N) is 1. The van der Waals surface area contributed by atoms with E-state index in [0.717, 1.165) is 16.6 Å². The highest BCUT2D eigenvalue weighted by Gasteiger charge is 2.08. The molecule has 0 saturated carbocycles. The van der Waals surface area contributed by atoms with Gasteiger partial charge in [-0.05, 0) is 30.7 Å². The zero-order valence-electron chi connectivity index (χ0n) is 9.11. The number of fused-ring (bicyclic) bond motifs is 1. The van der Waals surface area contributed by atoms with Gasteiger partial charge >= 0.3 is 0 Å². The van der Waals surface area contributed by atoms with Gasteiger partial charge in [-0.1, -0.05) is 0 Å². The summed E-state index contributed by atoms with van der Waals surface area (Å²) in [5.41, 5.74) is 3.08. The van der Waals surface area contributed by atoms with Crippen LogP contribution in [0, 0.1) is 12.7 Å². The number of aromatic nitrogens is 4. The van der Waals surface area contributed by atoms with Gasteiger partial charge in [0.2, 0.25) is 0 Å². The Hall–Kier alpha value is -2.30. The summed E-state index contributed by atoms with van der Waals surface area (Å²) in [5.74, 6) is 0.431. The largest absolute Gasteiger partial charge is 0.335 e. The molecule has 0 aliphatic carbocycles. The van der Waals surface area contributed by atoms with Crippen molar-refractivity contribution in [2.24, 2.45) is 0 Å². The molecule has 0 amide bonds. The third-order valence-electron chi connectivity index (χ3n) is 2.61. The van der Waals surface area contributed by atoms with Gasteiger partial charge in [0.25, 0.3) is 0 Å². The number of hydrogen-bond acceptors (Lipinski definition) is 3. The molecule has 0 bridgehead atoms. The molecular weight excluding hydrogens is 219 g/mol. The van der Waals surface area contributed by atoms with Crippen molar-refractivity contribution in [2.75, 3.05) is 0 Å². The maximum Gasteiger partial charge on any atom is 0.181 e. The van der Waals surface area contributed by atoms with Crippen molar-refractivity contribution in [2.45, 2.75) is 6.92 Å². The lowest BCUT2D eigenvalue weighted by Crippen LogP contribution is -1.86. The van der Waals surface area contributed by atoms with Gasteiger partial charge in [0.1, 0.15) is 23.5 Å². The summed E-state index contributed by atoms with van der Waals surface area (Å²) in [7, 11) is 0. The number of hydrogen-bond donors (Lipinski definition) is 1. The van der Waals surface area contributed by atoms with Crippen molar-refractivity contribution in [3.05, 3.63) is 42.1 Å². The van der Waals surface area contributed by atoms with Crippen LogP contribution in [0.5, 0.6) is 0 Å². The Morgan fingerprint density at radius 1 is 1.29 bits per heavy atom. The van der Waals surface area contributed by atoms with Crippen LogP contribution in [0.1, 0.15) is 5.56 Å². The average molecular weight is 228 g/mol. The number of H-pyrrole nitrogens is 1. The van der Waals surface area contributed by atoms with E-state index in [2.05, 4.69) is 19.9 Å². The number of benzene rings is 1. The quantitative estimate of drug-likeness (QED) is 0.696. The number of aryl methyl sites for hydroxylation is 1. The van der Waals surface area contributed by atoms with Crippen LogP contribution in [0.3, 0.4) is 0 Å². The lowest BCUT2D eigenvalue weighted by Gasteiger charge is -2.01. The van der Waals surface area contributed by atoms with Gasteiger partial charge in [0.05, 0.1) is 6.20 Å².